The van der Waals surface area contributed by atoms with Crippen molar-refractivity contribution in [3.8, 4) is 0 Å². The topological polar surface area (TPSA) is 83.4 Å². The van der Waals surface area contributed by atoms with E-state index in [2.05, 4.69) is 5.32 Å². The maximum absolute atomic E-state index is 12.5. The number of hydroxylamine groups is 1. The Hall–Kier alpha value is -2.02. The Kier molecular flexibility index (Phi) is 5.88. The molecule has 0 aliphatic heterocycles. The van der Waals surface area contributed by atoms with E-state index in [0.717, 1.165) is 5.56 Å². The number of carbonyl (C=O) groups excluding carboxylic acids is 2. The molecular formula is C16H17Cl2N3O3. The van der Waals surface area contributed by atoms with Crippen LogP contribution in [0.3, 0.4) is 0 Å². The van der Waals surface area contributed by atoms with Gasteiger partial charge in [-0.1, -0.05) is 35.3 Å². The molecule has 128 valence electrons. The predicted octanol–water partition coefficient (Wildman–Crippen LogP) is 3.42. The number of amides is 2. The van der Waals surface area contributed by atoms with Gasteiger partial charge in [0.2, 0.25) is 0 Å². The minimum Gasteiger partial charge on any atom is -0.344 e. The highest BCUT2D eigenvalue weighted by Crippen LogP contribution is 2.26. The zero-order valence-electron chi connectivity index (χ0n) is 13.1. The molecule has 1 heterocycles. The first-order valence-corrected chi connectivity index (χ1v) is 8.04. The molecule has 6 nitrogen and oxygen atoms in total. The first kappa shape index (κ1) is 18.3. The van der Waals surface area contributed by atoms with E-state index in [0.29, 0.717) is 28.0 Å². The fraction of sp³-hybridized carbons (Fsp3) is 0.250. The van der Waals surface area contributed by atoms with Crippen LogP contribution in [0.1, 0.15) is 46.3 Å². The lowest BCUT2D eigenvalue weighted by Gasteiger charge is -2.16. The van der Waals surface area contributed by atoms with Crippen LogP contribution in [0.25, 0.3) is 0 Å². The van der Waals surface area contributed by atoms with Gasteiger partial charge in [0.1, 0.15) is 10.8 Å². The first-order chi connectivity index (χ1) is 11.4. The average molecular weight is 370 g/mol. The van der Waals surface area contributed by atoms with Gasteiger partial charge in [0.25, 0.3) is 11.8 Å². The smallest absolute Gasteiger partial charge is 0.274 e. The normalized spacial score (nSPS) is 11.9. The number of nitrogens with one attached hydrogen (secondary N) is 2. The molecule has 0 spiro atoms. The van der Waals surface area contributed by atoms with Crippen molar-refractivity contribution in [2.75, 3.05) is 0 Å². The van der Waals surface area contributed by atoms with Gasteiger partial charge in [-0.15, -0.1) is 0 Å². The maximum atomic E-state index is 12.5. The third-order valence-electron chi connectivity index (χ3n) is 3.64. The van der Waals surface area contributed by atoms with Gasteiger partial charge in [0.05, 0.1) is 11.1 Å². The Labute approximate surface area is 149 Å². The van der Waals surface area contributed by atoms with E-state index < -0.39 is 5.91 Å². The zero-order valence-corrected chi connectivity index (χ0v) is 14.6. The first-order valence-electron chi connectivity index (χ1n) is 7.28. The predicted molar refractivity (Wildman–Crippen MR) is 91.7 cm³/mol. The number of halogens is 2. The van der Waals surface area contributed by atoms with Gasteiger partial charge >= 0.3 is 0 Å². The molecule has 1 aromatic carbocycles. The second-order valence-corrected chi connectivity index (χ2v) is 5.94. The lowest BCUT2D eigenvalue weighted by molar-refractivity contribution is 0.0706. The van der Waals surface area contributed by atoms with Crippen LogP contribution in [0.5, 0.6) is 0 Å². The minimum absolute atomic E-state index is 0.291. The molecule has 0 saturated heterocycles. The molecule has 2 aromatic rings. The van der Waals surface area contributed by atoms with Gasteiger partial charge in [-0.25, -0.2) is 5.48 Å². The molecule has 0 radical (unpaired) electrons. The van der Waals surface area contributed by atoms with E-state index in [-0.39, 0.29) is 11.9 Å². The summed E-state index contributed by atoms with van der Waals surface area (Å²) in [6.07, 6.45) is 0. The highest BCUT2D eigenvalue weighted by molar-refractivity contribution is 6.42. The van der Waals surface area contributed by atoms with E-state index in [1.165, 1.54) is 6.07 Å². The quantitative estimate of drug-likeness (QED) is 0.557. The van der Waals surface area contributed by atoms with Gasteiger partial charge in [-0.05, 0) is 37.6 Å². The number of rotatable bonds is 5. The second-order valence-electron chi connectivity index (χ2n) is 5.17. The molecule has 0 unspecified atom stereocenters. The van der Waals surface area contributed by atoms with Crippen molar-refractivity contribution in [1.29, 1.82) is 0 Å². The molecule has 8 heteroatoms. The summed E-state index contributed by atoms with van der Waals surface area (Å²) in [7, 11) is 0. The van der Waals surface area contributed by atoms with Gasteiger partial charge in [-0.3, -0.25) is 14.8 Å². The zero-order chi connectivity index (χ0) is 17.9. The summed E-state index contributed by atoms with van der Waals surface area (Å²) in [5.41, 5.74) is 2.95. The molecule has 2 amide bonds. The molecule has 0 bridgehead atoms. The molecule has 3 N–H and O–H groups in total. The number of aromatic nitrogens is 1. The van der Waals surface area contributed by atoms with Crippen LogP contribution in [0.2, 0.25) is 10.2 Å². The second kappa shape index (κ2) is 7.70. The van der Waals surface area contributed by atoms with Gasteiger partial charge < -0.3 is 9.88 Å². The van der Waals surface area contributed by atoms with Crippen LogP contribution < -0.4 is 10.8 Å². The largest absolute Gasteiger partial charge is 0.344 e. The summed E-state index contributed by atoms with van der Waals surface area (Å²) in [4.78, 5) is 24.0. The maximum Gasteiger partial charge on any atom is 0.274 e. The van der Waals surface area contributed by atoms with Crippen LogP contribution in [0, 0.1) is 0 Å². The number of hydrogen-bond acceptors (Lipinski definition) is 3. The molecule has 1 aromatic heterocycles. The van der Waals surface area contributed by atoms with Crippen LogP contribution in [-0.4, -0.2) is 21.6 Å². The number of benzene rings is 1. The summed E-state index contributed by atoms with van der Waals surface area (Å²) in [6, 6.07) is 7.76. The van der Waals surface area contributed by atoms with Crippen LogP contribution >= 0.6 is 23.2 Å². The summed E-state index contributed by atoms with van der Waals surface area (Å²) < 4.78 is 1.61. The number of carbonyl (C=O) groups is 2. The van der Waals surface area contributed by atoms with Gasteiger partial charge in [0.15, 0.2) is 0 Å². The highest BCUT2D eigenvalue weighted by Gasteiger charge is 2.19. The van der Waals surface area contributed by atoms with Crippen LogP contribution in [-0.2, 0) is 6.54 Å². The third-order valence-corrected chi connectivity index (χ3v) is 4.43. The standard InChI is InChI=1S/C16H17Cl2N3O3/c1-3-21-13(8-12(17)14(21)18)16(23)19-9(2)10-5-4-6-11(7-10)15(22)20-24/h4-9,24H,3H2,1-2H3,(H,19,23)(H,20,22)/t9-/m1/s1. The molecule has 0 aliphatic carbocycles. The van der Waals surface area contributed by atoms with Gasteiger partial charge in [-0.2, -0.15) is 0 Å². The monoisotopic (exact) mass is 369 g/mol. The van der Waals surface area contributed by atoms with Gasteiger partial charge in [0, 0.05) is 12.1 Å². The third kappa shape index (κ3) is 3.72. The van der Waals surface area contributed by atoms with E-state index in [1.54, 1.807) is 41.2 Å². The van der Waals surface area contributed by atoms with Crippen molar-refractivity contribution in [3.63, 3.8) is 0 Å². The minimum atomic E-state index is -0.617. The number of hydrogen-bond donors (Lipinski definition) is 3. The molecular weight excluding hydrogens is 353 g/mol. The van der Waals surface area contributed by atoms with Crippen LogP contribution in [0.15, 0.2) is 30.3 Å². The summed E-state index contributed by atoms with van der Waals surface area (Å²) in [5, 5.41) is 12.2. The van der Waals surface area contributed by atoms with E-state index in [9.17, 15) is 9.59 Å². The fourth-order valence-corrected chi connectivity index (χ4v) is 2.83. The van der Waals surface area contributed by atoms with Crippen LogP contribution in [0.4, 0.5) is 0 Å². The van der Waals surface area contributed by atoms with E-state index >= 15 is 0 Å². The Morgan fingerprint density at radius 3 is 2.58 bits per heavy atom. The highest BCUT2D eigenvalue weighted by atomic mass is 35.5. The van der Waals surface area contributed by atoms with E-state index in [1.807, 2.05) is 6.92 Å². The summed E-state index contributed by atoms with van der Waals surface area (Å²) in [5.74, 6) is -0.941. The molecule has 1 atom stereocenters. The lowest BCUT2D eigenvalue weighted by Crippen LogP contribution is -2.29. The summed E-state index contributed by atoms with van der Waals surface area (Å²) >= 11 is 12.0. The average Bonchev–Trinajstić information content (AvgIpc) is 2.88. The number of nitrogens with zero attached hydrogens (tertiary/aromatic N) is 1. The van der Waals surface area contributed by atoms with Crippen molar-refractivity contribution in [2.24, 2.45) is 0 Å². The lowest BCUT2D eigenvalue weighted by atomic mass is 10.0. The molecule has 0 saturated carbocycles. The fourth-order valence-electron chi connectivity index (χ4n) is 2.36. The van der Waals surface area contributed by atoms with Crippen molar-refractivity contribution in [3.05, 3.63) is 57.3 Å². The molecule has 0 fully saturated rings. The van der Waals surface area contributed by atoms with Crippen molar-refractivity contribution in [1.82, 2.24) is 15.4 Å². The Morgan fingerprint density at radius 2 is 1.96 bits per heavy atom. The molecule has 2 rings (SSSR count). The molecule has 0 aliphatic rings. The Morgan fingerprint density at radius 1 is 1.25 bits per heavy atom. The van der Waals surface area contributed by atoms with Crippen molar-refractivity contribution in [2.45, 2.75) is 26.4 Å². The Balaban J connectivity index is 2.21. The van der Waals surface area contributed by atoms with E-state index in [4.69, 9.17) is 28.4 Å². The SMILES string of the molecule is CCn1c(C(=O)N[C@H](C)c2cccc(C(=O)NO)c2)cc(Cl)c1Cl. The van der Waals surface area contributed by atoms with Crippen molar-refractivity contribution >= 4 is 35.0 Å². The summed E-state index contributed by atoms with van der Waals surface area (Å²) in [6.45, 7) is 4.16. The molecule has 24 heavy (non-hydrogen) atoms. The van der Waals surface area contributed by atoms with Crippen molar-refractivity contribution < 1.29 is 14.8 Å². The Bertz CT molecular complexity index is 774.